The van der Waals surface area contributed by atoms with Crippen LogP contribution < -0.4 is 5.32 Å². The average Bonchev–Trinajstić information content (AvgIpc) is 3.38. The number of pyridine rings is 2. The molecule has 0 aromatic carbocycles. The van der Waals surface area contributed by atoms with Crippen molar-refractivity contribution in [2.24, 2.45) is 5.18 Å². The van der Waals surface area contributed by atoms with Gasteiger partial charge in [0.05, 0.1) is 23.0 Å². The first-order valence-corrected chi connectivity index (χ1v) is 12.5. The normalized spacial score (nSPS) is 17.5. The number of carbonyl (C=O) groups is 1. The summed E-state index contributed by atoms with van der Waals surface area (Å²) >= 11 is 0. The molecule has 0 saturated carbocycles. The van der Waals surface area contributed by atoms with Gasteiger partial charge in [0.25, 0.3) is 5.91 Å². The molecule has 0 fully saturated rings. The minimum atomic E-state index is -0.241. The zero-order valence-electron chi connectivity index (χ0n) is 20.3. The molecule has 2 aromatic rings. The van der Waals surface area contributed by atoms with E-state index < -0.39 is 0 Å². The largest absolute Gasteiger partial charge is 0.352 e. The van der Waals surface area contributed by atoms with Gasteiger partial charge in [-0.2, -0.15) is 4.91 Å². The fraction of sp³-hybridized carbons (Fsp3) is 0.345. The second-order valence-electron chi connectivity index (χ2n) is 9.13. The Labute approximate surface area is 211 Å². The van der Waals surface area contributed by atoms with Gasteiger partial charge in [0, 0.05) is 31.8 Å². The van der Waals surface area contributed by atoms with E-state index in [1.54, 1.807) is 24.5 Å². The van der Waals surface area contributed by atoms with E-state index in [1.165, 1.54) is 0 Å². The lowest BCUT2D eigenvalue weighted by Crippen LogP contribution is -2.27. The highest BCUT2D eigenvalue weighted by Crippen LogP contribution is 2.29. The Bertz CT molecular complexity index is 1200. The van der Waals surface area contributed by atoms with Crippen molar-refractivity contribution in [3.63, 3.8) is 0 Å². The van der Waals surface area contributed by atoms with Gasteiger partial charge in [-0.1, -0.05) is 35.0 Å². The second kappa shape index (κ2) is 12.8. The lowest BCUT2D eigenvalue weighted by atomic mass is 9.99. The third-order valence-corrected chi connectivity index (χ3v) is 6.47. The highest BCUT2D eigenvalue weighted by Gasteiger charge is 2.21. The number of rotatable bonds is 11. The molecule has 2 aromatic heterocycles. The first-order chi connectivity index (χ1) is 17.6. The summed E-state index contributed by atoms with van der Waals surface area (Å²) in [5, 5.41) is 6.15. The maximum atomic E-state index is 13.4. The van der Waals surface area contributed by atoms with Crippen LogP contribution in [0.2, 0.25) is 0 Å². The molecule has 7 heteroatoms. The van der Waals surface area contributed by atoms with Gasteiger partial charge in [-0.15, -0.1) is 0 Å². The SMILES string of the molecule is O=NC1CC=C(c2ccc(C(=O)NCCc3cccnc3)c(C/C=C/CCC3=CC(F)=CCC3)n2)C1. The molecule has 0 aliphatic heterocycles. The topological polar surface area (TPSA) is 84.3 Å². The molecular weight excluding hydrogens is 455 g/mol. The lowest BCUT2D eigenvalue weighted by Gasteiger charge is -2.12. The van der Waals surface area contributed by atoms with Crippen LogP contribution in [0.3, 0.4) is 0 Å². The third kappa shape index (κ3) is 7.13. The molecule has 0 saturated heterocycles. The number of hydrogen-bond donors (Lipinski definition) is 1. The number of nitrogens with one attached hydrogen (secondary N) is 1. The summed E-state index contributed by atoms with van der Waals surface area (Å²) < 4.78 is 13.4. The van der Waals surface area contributed by atoms with Crippen molar-refractivity contribution in [3.8, 4) is 0 Å². The summed E-state index contributed by atoms with van der Waals surface area (Å²) in [6.07, 6.45) is 18.6. The number of allylic oxidation sites excluding steroid dienone is 6. The zero-order chi connectivity index (χ0) is 25.2. The molecule has 2 aliphatic rings. The molecule has 0 bridgehead atoms. The molecule has 1 N–H and O–H groups in total. The van der Waals surface area contributed by atoms with Crippen molar-refractivity contribution in [2.75, 3.05) is 6.54 Å². The number of amides is 1. The number of nitrogens with zero attached hydrogens (tertiary/aromatic N) is 3. The highest BCUT2D eigenvalue weighted by atomic mass is 19.1. The van der Waals surface area contributed by atoms with Crippen LogP contribution in [0.1, 0.15) is 65.8 Å². The predicted molar refractivity (Wildman–Crippen MR) is 140 cm³/mol. The quantitative estimate of drug-likeness (QED) is 0.302. The number of carbonyl (C=O) groups excluding carboxylic acids is 1. The van der Waals surface area contributed by atoms with Crippen LogP contribution in [-0.2, 0) is 12.8 Å². The summed E-state index contributed by atoms with van der Waals surface area (Å²) in [6.45, 7) is 0.500. The molecule has 36 heavy (non-hydrogen) atoms. The van der Waals surface area contributed by atoms with Crippen molar-refractivity contribution in [1.29, 1.82) is 0 Å². The molecule has 1 unspecified atom stereocenters. The van der Waals surface area contributed by atoms with E-state index >= 15 is 0 Å². The Morgan fingerprint density at radius 3 is 2.89 bits per heavy atom. The van der Waals surface area contributed by atoms with Crippen LogP contribution in [0.5, 0.6) is 0 Å². The van der Waals surface area contributed by atoms with Crippen LogP contribution >= 0.6 is 0 Å². The standard InChI is InChI=1S/C29H31FN4O2/c30-24-9-4-7-21(18-24)6-2-1-3-10-28-26(29(35)32-17-15-22-8-5-16-31-20-22)13-14-27(33-28)23-11-12-25(19-23)34-36/h1,3,5,8-9,11,13-14,16,18,20,25H,2,4,6-7,10,12,15,17,19H2,(H,32,35)/b3-1+. The molecule has 0 spiro atoms. The van der Waals surface area contributed by atoms with Gasteiger partial charge in [-0.05, 0) is 80.0 Å². The van der Waals surface area contributed by atoms with E-state index in [0.29, 0.717) is 43.5 Å². The maximum Gasteiger partial charge on any atom is 0.253 e. The first kappa shape index (κ1) is 25.4. The van der Waals surface area contributed by atoms with Crippen molar-refractivity contribution in [2.45, 2.75) is 57.4 Å². The van der Waals surface area contributed by atoms with Crippen LogP contribution in [0.15, 0.2) is 83.6 Å². The van der Waals surface area contributed by atoms with Crippen LogP contribution in [0.4, 0.5) is 4.39 Å². The van der Waals surface area contributed by atoms with Gasteiger partial charge in [0.1, 0.15) is 5.83 Å². The van der Waals surface area contributed by atoms with Crippen LogP contribution in [0.25, 0.3) is 5.57 Å². The molecule has 2 aliphatic carbocycles. The first-order valence-electron chi connectivity index (χ1n) is 12.5. The highest BCUT2D eigenvalue weighted by molar-refractivity contribution is 5.95. The van der Waals surface area contributed by atoms with E-state index in [4.69, 9.17) is 4.98 Å². The van der Waals surface area contributed by atoms with Crippen molar-refractivity contribution in [3.05, 3.63) is 106 Å². The maximum absolute atomic E-state index is 13.4. The van der Waals surface area contributed by atoms with Crippen LogP contribution in [0, 0.1) is 4.91 Å². The summed E-state index contributed by atoms with van der Waals surface area (Å²) in [6, 6.07) is 7.28. The van der Waals surface area contributed by atoms with E-state index in [1.807, 2.05) is 36.4 Å². The Balaban J connectivity index is 1.42. The minimum absolute atomic E-state index is 0.145. The monoisotopic (exact) mass is 486 g/mol. The fourth-order valence-corrected chi connectivity index (χ4v) is 4.49. The van der Waals surface area contributed by atoms with Gasteiger partial charge in [-0.3, -0.25) is 14.8 Å². The second-order valence-corrected chi connectivity index (χ2v) is 9.13. The molecule has 6 nitrogen and oxygen atoms in total. The van der Waals surface area contributed by atoms with Crippen molar-refractivity contribution >= 4 is 11.5 Å². The smallest absolute Gasteiger partial charge is 0.253 e. The molecule has 186 valence electrons. The Hall–Kier alpha value is -3.74. The van der Waals surface area contributed by atoms with E-state index in [-0.39, 0.29) is 17.8 Å². The fourth-order valence-electron chi connectivity index (χ4n) is 4.49. The number of hydrogen-bond acceptors (Lipinski definition) is 5. The Kier molecular flexibility index (Phi) is 9.03. The summed E-state index contributed by atoms with van der Waals surface area (Å²) in [7, 11) is 0. The lowest BCUT2D eigenvalue weighted by molar-refractivity contribution is 0.0953. The molecule has 2 heterocycles. The summed E-state index contributed by atoms with van der Waals surface area (Å²) in [5.74, 6) is -0.308. The van der Waals surface area contributed by atoms with Gasteiger partial charge in [0.2, 0.25) is 0 Å². The molecule has 4 rings (SSSR count). The summed E-state index contributed by atoms with van der Waals surface area (Å²) in [5.41, 5.74) is 5.19. The van der Waals surface area contributed by atoms with Crippen molar-refractivity contribution in [1.82, 2.24) is 15.3 Å². The van der Waals surface area contributed by atoms with E-state index in [2.05, 4.69) is 21.6 Å². The average molecular weight is 487 g/mol. The molecular formula is C29H31FN4O2. The van der Waals surface area contributed by atoms with E-state index in [0.717, 1.165) is 48.1 Å². The predicted octanol–water partition coefficient (Wildman–Crippen LogP) is 6.21. The van der Waals surface area contributed by atoms with Gasteiger partial charge < -0.3 is 5.32 Å². The van der Waals surface area contributed by atoms with Gasteiger partial charge in [-0.25, -0.2) is 4.39 Å². The number of aromatic nitrogens is 2. The van der Waals surface area contributed by atoms with E-state index in [9.17, 15) is 14.1 Å². The Morgan fingerprint density at radius 1 is 1.19 bits per heavy atom. The minimum Gasteiger partial charge on any atom is -0.352 e. The summed E-state index contributed by atoms with van der Waals surface area (Å²) in [4.78, 5) is 32.9. The molecule has 0 radical (unpaired) electrons. The van der Waals surface area contributed by atoms with Crippen molar-refractivity contribution < 1.29 is 9.18 Å². The van der Waals surface area contributed by atoms with Gasteiger partial charge >= 0.3 is 0 Å². The number of nitroso groups, excluding NO2 is 1. The zero-order valence-corrected chi connectivity index (χ0v) is 20.3. The third-order valence-electron chi connectivity index (χ3n) is 6.47. The number of halogens is 1. The molecule has 1 atom stereocenters. The van der Waals surface area contributed by atoms with Gasteiger partial charge in [0.15, 0.2) is 0 Å². The molecule has 1 amide bonds. The van der Waals surface area contributed by atoms with Crippen LogP contribution in [-0.4, -0.2) is 28.5 Å². The Morgan fingerprint density at radius 2 is 2.11 bits per heavy atom.